The highest BCUT2D eigenvalue weighted by Gasteiger charge is 2.19. The molecule has 0 aliphatic carbocycles. The maximum Gasteiger partial charge on any atom is 0.241 e. The Hall–Kier alpha value is -0.670. The third-order valence-electron chi connectivity index (χ3n) is 2.48. The van der Waals surface area contributed by atoms with Gasteiger partial charge in [-0.3, -0.25) is 0 Å². The van der Waals surface area contributed by atoms with Crippen molar-refractivity contribution in [1.29, 1.82) is 0 Å². The van der Waals surface area contributed by atoms with Crippen LogP contribution in [0.5, 0.6) is 0 Å². The number of nitrogens with two attached hydrogens (primary N) is 1. The minimum absolute atomic E-state index is 0.0285. The van der Waals surface area contributed by atoms with Crippen molar-refractivity contribution in [2.24, 2.45) is 0 Å². The van der Waals surface area contributed by atoms with Gasteiger partial charge in [0.05, 0.1) is 20.6 Å². The first-order valence-corrected chi connectivity index (χ1v) is 9.11. The number of thiazole rings is 1. The molecule has 0 aliphatic rings. The molecule has 20 heavy (non-hydrogen) atoms. The lowest BCUT2D eigenvalue weighted by molar-refractivity contribution is 0.581. The van der Waals surface area contributed by atoms with Crippen LogP contribution < -0.4 is 10.5 Å². The number of nitrogen functional groups attached to an aromatic ring is 1. The van der Waals surface area contributed by atoms with Crippen LogP contribution in [0.25, 0.3) is 0 Å². The van der Waals surface area contributed by atoms with Crippen LogP contribution in [0.3, 0.4) is 0 Å². The summed E-state index contributed by atoms with van der Waals surface area (Å²) >= 11 is 10.5. The van der Waals surface area contributed by atoms with Gasteiger partial charge in [0.1, 0.15) is 0 Å². The lowest BCUT2D eigenvalue weighted by Gasteiger charge is -2.10. The van der Waals surface area contributed by atoms with Gasteiger partial charge in [0.2, 0.25) is 10.0 Å². The van der Waals surface area contributed by atoms with Crippen LogP contribution in [0.15, 0.2) is 32.4 Å². The summed E-state index contributed by atoms with van der Waals surface area (Å²) in [4.78, 5) is 4.12. The maximum atomic E-state index is 12.2. The van der Waals surface area contributed by atoms with Gasteiger partial charge in [0, 0.05) is 29.1 Å². The zero-order valence-corrected chi connectivity index (χ0v) is 14.1. The van der Waals surface area contributed by atoms with Crippen LogP contribution in [-0.2, 0) is 16.4 Å². The van der Waals surface area contributed by atoms with E-state index in [1.54, 1.807) is 5.51 Å². The van der Waals surface area contributed by atoms with E-state index in [9.17, 15) is 8.42 Å². The second-order valence-corrected chi connectivity index (χ2v) is 7.62. The van der Waals surface area contributed by atoms with Crippen LogP contribution >= 0.6 is 38.9 Å². The third kappa shape index (κ3) is 3.70. The average Bonchev–Trinajstić information content (AvgIpc) is 2.86. The fraction of sp³-hybridized carbons (Fsp3) is 0.182. The first-order chi connectivity index (χ1) is 9.40. The summed E-state index contributed by atoms with van der Waals surface area (Å²) in [7, 11) is -3.67. The van der Waals surface area contributed by atoms with Crippen molar-refractivity contribution in [3.8, 4) is 0 Å². The highest BCUT2D eigenvalue weighted by Crippen LogP contribution is 2.31. The first kappa shape index (κ1) is 15.7. The number of anilines is 1. The third-order valence-corrected chi connectivity index (χ3v) is 5.96. The number of halogens is 2. The standard InChI is InChI=1S/C11H11BrClN3O2S2/c12-11-9(14)3-7(13)4-10(11)20(17,18)16-2-1-8-5-19-6-15-8/h3-6,16H,1-2,14H2. The van der Waals surface area contributed by atoms with Crippen LogP contribution in [0.4, 0.5) is 5.69 Å². The van der Waals surface area contributed by atoms with Crippen LogP contribution in [-0.4, -0.2) is 19.9 Å². The molecule has 108 valence electrons. The Bertz CT molecular complexity index is 705. The first-order valence-electron chi connectivity index (χ1n) is 5.51. The molecule has 2 aromatic rings. The molecular weight excluding hydrogens is 386 g/mol. The van der Waals surface area contributed by atoms with E-state index in [2.05, 4.69) is 25.6 Å². The molecule has 0 amide bonds. The maximum absolute atomic E-state index is 12.2. The molecule has 9 heteroatoms. The lowest BCUT2D eigenvalue weighted by Crippen LogP contribution is -2.26. The van der Waals surface area contributed by atoms with Crippen LogP contribution in [0.1, 0.15) is 5.69 Å². The van der Waals surface area contributed by atoms with Crippen molar-refractivity contribution in [2.45, 2.75) is 11.3 Å². The predicted octanol–water partition coefficient (Wildman–Crippen LogP) is 2.66. The Morgan fingerprint density at radius 2 is 2.20 bits per heavy atom. The zero-order chi connectivity index (χ0) is 14.8. The van der Waals surface area contributed by atoms with E-state index in [1.807, 2.05) is 5.38 Å². The number of aromatic nitrogens is 1. The smallest absolute Gasteiger partial charge is 0.241 e. The molecule has 0 fully saturated rings. The number of rotatable bonds is 5. The molecule has 0 atom stereocenters. The van der Waals surface area contributed by atoms with Gasteiger partial charge in [-0.1, -0.05) is 11.6 Å². The van der Waals surface area contributed by atoms with Crippen molar-refractivity contribution < 1.29 is 8.42 Å². The molecule has 0 saturated carbocycles. The molecule has 1 aromatic carbocycles. The van der Waals surface area contributed by atoms with Crippen LogP contribution in [0.2, 0.25) is 5.02 Å². The van der Waals surface area contributed by atoms with E-state index in [4.69, 9.17) is 17.3 Å². The van der Waals surface area contributed by atoms with Crippen molar-refractivity contribution in [3.05, 3.63) is 38.2 Å². The average molecular weight is 397 g/mol. The van der Waals surface area contributed by atoms with Gasteiger partial charge >= 0.3 is 0 Å². The summed E-state index contributed by atoms with van der Waals surface area (Å²) in [5, 5.41) is 2.15. The topological polar surface area (TPSA) is 85.1 Å². The molecule has 1 aromatic heterocycles. The Morgan fingerprint density at radius 1 is 1.45 bits per heavy atom. The van der Waals surface area contributed by atoms with Crippen molar-refractivity contribution in [2.75, 3.05) is 12.3 Å². The molecule has 3 N–H and O–H groups in total. The number of nitrogens with zero attached hydrogens (tertiary/aromatic N) is 1. The zero-order valence-electron chi connectivity index (χ0n) is 10.1. The fourth-order valence-electron chi connectivity index (χ4n) is 1.53. The number of nitrogens with one attached hydrogen (secondary N) is 1. The minimum atomic E-state index is -3.67. The lowest BCUT2D eigenvalue weighted by atomic mass is 10.3. The van der Waals surface area contributed by atoms with E-state index in [1.165, 1.54) is 23.5 Å². The number of hydrogen-bond acceptors (Lipinski definition) is 5. The molecule has 5 nitrogen and oxygen atoms in total. The van der Waals surface area contributed by atoms with Gasteiger partial charge in [-0.05, 0) is 28.1 Å². The summed E-state index contributed by atoms with van der Waals surface area (Å²) in [6.07, 6.45) is 0.524. The number of hydrogen-bond donors (Lipinski definition) is 2. The second kappa shape index (κ2) is 6.40. The van der Waals surface area contributed by atoms with E-state index < -0.39 is 10.0 Å². The molecule has 0 aliphatic heterocycles. The number of benzene rings is 1. The predicted molar refractivity (Wildman–Crippen MR) is 84.6 cm³/mol. The van der Waals surface area contributed by atoms with Gasteiger partial charge in [-0.2, -0.15) is 0 Å². The van der Waals surface area contributed by atoms with E-state index in [0.29, 0.717) is 10.9 Å². The van der Waals surface area contributed by atoms with Gasteiger partial charge in [0.25, 0.3) is 0 Å². The Balaban J connectivity index is 2.14. The highest BCUT2D eigenvalue weighted by molar-refractivity contribution is 9.10. The van der Waals surface area contributed by atoms with Gasteiger partial charge in [0.15, 0.2) is 0 Å². The molecule has 0 bridgehead atoms. The van der Waals surface area contributed by atoms with Crippen molar-refractivity contribution in [1.82, 2.24) is 9.71 Å². The van der Waals surface area contributed by atoms with E-state index in [-0.39, 0.29) is 22.2 Å². The quantitative estimate of drug-likeness (QED) is 0.761. The summed E-state index contributed by atoms with van der Waals surface area (Å²) in [5.41, 5.74) is 8.52. The molecular formula is C11H11BrClN3O2S2. The van der Waals surface area contributed by atoms with Crippen LogP contribution in [0, 0.1) is 0 Å². The summed E-state index contributed by atoms with van der Waals surface area (Å²) in [6.45, 7) is 0.255. The molecule has 0 radical (unpaired) electrons. The summed E-state index contributed by atoms with van der Waals surface area (Å²) in [5.74, 6) is 0. The SMILES string of the molecule is Nc1cc(Cl)cc(S(=O)(=O)NCCc2cscn2)c1Br. The van der Waals surface area contributed by atoms with Gasteiger partial charge < -0.3 is 5.73 Å². The molecule has 2 rings (SSSR count). The normalized spacial score (nSPS) is 11.7. The fourth-order valence-corrected chi connectivity index (χ4v) is 4.45. The molecule has 0 unspecified atom stereocenters. The Labute approximate surface area is 134 Å². The van der Waals surface area contributed by atoms with Crippen molar-refractivity contribution >= 4 is 54.6 Å². The monoisotopic (exact) mass is 395 g/mol. The molecule has 0 spiro atoms. The largest absolute Gasteiger partial charge is 0.398 e. The van der Waals surface area contributed by atoms with Gasteiger partial charge in [-0.25, -0.2) is 18.1 Å². The van der Waals surface area contributed by atoms with E-state index in [0.717, 1.165) is 5.69 Å². The summed E-state index contributed by atoms with van der Waals surface area (Å²) in [6, 6.07) is 2.84. The number of sulfonamides is 1. The second-order valence-electron chi connectivity index (χ2n) is 3.93. The highest BCUT2D eigenvalue weighted by atomic mass is 79.9. The van der Waals surface area contributed by atoms with Gasteiger partial charge in [-0.15, -0.1) is 11.3 Å². The molecule has 0 saturated heterocycles. The Kier molecular flexibility index (Phi) is 5.03. The van der Waals surface area contributed by atoms with E-state index >= 15 is 0 Å². The Morgan fingerprint density at radius 3 is 2.85 bits per heavy atom. The summed E-state index contributed by atoms with van der Waals surface area (Å²) < 4.78 is 27.2. The van der Waals surface area contributed by atoms with Crippen molar-refractivity contribution in [3.63, 3.8) is 0 Å². The minimum Gasteiger partial charge on any atom is -0.398 e. The molecule has 1 heterocycles.